The molecule has 4 nitrogen and oxygen atoms in total. The van der Waals surface area contributed by atoms with Crippen LogP contribution in [-0.4, -0.2) is 19.1 Å². The summed E-state index contributed by atoms with van der Waals surface area (Å²) >= 11 is 1.84. The summed E-state index contributed by atoms with van der Waals surface area (Å²) in [4.78, 5) is 12.4. The molecule has 0 unspecified atom stereocenters. The predicted octanol–water partition coefficient (Wildman–Crippen LogP) is 16.0. The van der Waals surface area contributed by atoms with E-state index in [1.165, 1.54) is 52.9 Å². The molecule has 13 aromatic rings. The van der Waals surface area contributed by atoms with Crippen molar-refractivity contribution < 1.29 is 0 Å². The summed E-state index contributed by atoms with van der Waals surface area (Å²) < 4.78 is 5.85. The zero-order valence-corrected chi connectivity index (χ0v) is 35.9. The zero-order chi connectivity index (χ0) is 42.6. The lowest BCUT2D eigenvalue weighted by molar-refractivity contribution is 1.02. The Labute approximate surface area is 378 Å². The molecule has 0 N–H and O–H groups in total. The van der Waals surface area contributed by atoms with E-state index in [0.29, 0.717) is 5.95 Å². The van der Waals surface area contributed by atoms with Gasteiger partial charge in [0.05, 0.1) is 27.8 Å². The van der Waals surface area contributed by atoms with E-state index in [-0.39, 0.29) is 0 Å². The third-order valence-electron chi connectivity index (χ3n) is 13.3. The molecule has 0 bridgehead atoms. The summed E-state index contributed by atoms with van der Waals surface area (Å²) in [6.07, 6.45) is 9.07. The molecule has 4 heterocycles. The van der Waals surface area contributed by atoms with Crippen molar-refractivity contribution in [2.75, 3.05) is 0 Å². The molecule has 0 spiro atoms. The Kier molecular flexibility index (Phi) is 7.86. The fourth-order valence-electron chi connectivity index (χ4n) is 10.3. The highest BCUT2D eigenvalue weighted by Gasteiger charge is 2.22. The van der Waals surface area contributed by atoms with Gasteiger partial charge in [-0.2, -0.15) is 0 Å². The van der Waals surface area contributed by atoms with Gasteiger partial charge in [-0.15, -0.1) is 11.3 Å². The number of hydrogen-bond donors (Lipinski definition) is 0. The summed E-state index contributed by atoms with van der Waals surface area (Å²) in [5, 5.41) is 11.6. The van der Waals surface area contributed by atoms with Crippen molar-refractivity contribution in [3.05, 3.63) is 211 Å². The van der Waals surface area contributed by atoms with Gasteiger partial charge in [-0.05, 0) is 106 Å². The van der Waals surface area contributed by atoms with Crippen molar-refractivity contribution in [1.29, 1.82) is 0 Å². The number of thiophene rings is 1. The minimum Gasteiger partial charge on any atom is -0.302 e. The average molecular weight is 845 g/mol. The lowest BCUT2D eigenvalue weighted by Gasteiger charge is -2.13. The van der Waals surface area contributed by atoms with Crippen LogP contribution in [0.5, 0.6) is 0 Å². The monoisotopic (exact) mass is 844 g/mol. The number of para-hydroxylation sites is 1. The molecule has 65 heavy (non-hydrogen) atoms. The molecule has 1 aliphatic rings. The minimum absolute atomic E-state index is 0.649. The second-order valence-electron chi connectivity index (χ2n) is 17.1. The van der Waals surface area contributed by atoms with Gasteiger partial charge in [0.25, 0.3) is 0 Å². The minimum atomic E-state index is 0.649. The maximum atomic E-state index is 5.62. The van der Waals surface area contributed by atoms with Crippen LogP contribution < -0.4 is 0 Å². The maximum Gasteiger partial charge on any atom is 0.235 e. The van der Waals surface area contributed by atoms with Crippen molar-refractivity contribution in [3.8, 4) is 34.0 Å². The van der Waals surface area contributed by atoms with E-state index >= 15 is 0 Å². The summed E-state index contributed by atoms with van der Waals surface area (Å²) in [6, 6.07) is 70.6. The lowest BCUT2D eigenvalue weighted by atomic mass is 10.00. The third-order valence-corrected chi connectivity index (χ3v) is 14.5. The zero-order valence-electron chi connectivity index (χ0n) is 35.1. The second-order valence-corrected chi connectivity index (χ2v) is 18.1. The van der Waals surface area contributed by atoms with Gasteiger partial charge in [0.15, 0.2) is 0 Å². The summed E-state index contributed by atoms with van der Waals surface area (Å²) in [6.45, 7) is 0. The van der Waals surface area contributed by atoms with Gasteiger partial charge >= 0.3 is 0 Å². The molecule has 5 heteroatoms. The first kappa shape index (κ1) is 36.2. The quantitative estimate of drug-likeness (QED) is 0.173. The summed E-state index contributed by atoms with van der Waals surface area (Å²) in [5.41, 5.74) is 11.8. The number of allylic oxidation sites excluding steroid dienone is 4. The fraction of sp³-hybridized carbons (Fsp3) is 0.0333. The van der Waals surface area contributed by atoms with Gasteiger partial charge in [-0.3, -0.25) is 4.57 Å². The van der Waals surface area contributed by atoms with Crippen molar-refractivity contribution in [1.82, 2.24) is 19.1 Å². The molecular weight excluding hydrogens is 809 g/mol. The van der Waals surface area contributed by atoms with Crippen LogP contribution in [0.15, 0.2) is 194 Å². The molecule has 14 rings (SSSR count). The van der Waals surface area contributed by atoms with Crippen LogP contribution in [0.2, 0.25) is 0 Å². The van der Waals surface area contributed by atoms with Crippen LogP contribution in [0.25, 0.3) is 126 Å². The Hall–Kier alpha value is -8.30. The van der Waals surface area contributed by atoms with E-state index in [1.54, 1.807) is 0 Å². The molecule has 0 atom stereocenters. The molecule has 0 aliphatic heterocycles. The van der Waals surface area contributed by atoms with Crippen LogP contribution >= 0.6 is 11.3 Å². The molecule has 1 aliphatic carbocycles. The van der Waals surface area contributed by atoms with Gasteiger partial charge in [0.1, 0.15) is 5.52 Å². The number of benzene rings is 8. The summed E-state index contributed by atoms with van der Waals surface area (Å²) in [7, 11) is 0. The number of aromatic nitrogens is 4. The van der Waals surface area contributed by atoms with Crippen LogP contribution in [0, 0.1) is 12.1 Å². The Morgan fingerprint density at radius 1 is 0.492 bits per heavy atom. The highest BCUT2D eigenvalue weighted by Crippen LogP contribution is 2.43. The number of fused-ring (bicyclic) bond motifs is 12. The first-order valence-corrected chi connectivity index (χ1v) is 23.0. The van der Waals surface area contributed by atoms with Gasteiger partial charge in [-0.25, -0.2) is 9.97 Å². The lowest BCUT2D eigenvalue weighted by Crippen LogP contribution is -2.03. The van der Waals surface area contributed by atoms with Crippen LogP contribution in [0.3, 0.4) is 0 Å². The van der Waals surface area contributed by atoms with Crippen molar-refractivity contribution in [2.24, 2.45) is 0 Å². The standard InChI is InChI=1S/C60H36N4S/c1-4-15-38(16-5-1)55-36-44-26-30-50-57(59(44)65-55)58(39-17-6-2-7-18-39)62-60(61-50)64-52-34-42(24-28-47(52)49-32-40-19-10-11-20-41(40)33-54(49)64)43-25-29-48-53(35-43)63(45-21-8-3-9-22-45)51-31-27-37-14-12-13-23-46(37)56(48)51/h2-4,6-26,28-30,32-36H,1,5H2. The van der Waals surface area contributed by atoms with Gasteiger partial charge in [0.2, 0.25) is 5.95 Å². The third kappa shape index (κ3) is 5.58. The molecule has 302 valence electrons. The smallest absolute Gasteiger partial charge is 0.235 e. The van der Waals surface area contributed by atoms with Gasteiger partial charge in [-0.1, -0.05) is 146 Å². The van der Waals surface area contributed by atoms with E-state index in [4.69, 9.17) is 9.97 Å². The van der Waals surface area contributed by atoms with Crippen molar-refractivity contribution >= 4 is 103 Å². The number of nitrogens with zero attached hydrogens (tertiary/aromatic N) is 4. The van der Waals surface area contributed by atoms with E-state index in [0.717, 1.165) is 84.7 Å². The van der Waals surface area contributed by atoms with Crippen molar-refractivity contribution in [2.45, 2.75) is 12.8 Å². The normalized spacial score (nSPS) is 13.0. The Balaban J connectivity index is 1.03. The molecule has 9 aromatic carbocycles. The first-order valence-electron chi connectivity index (χ1n) is 22.2. The molecule has 0 saturated heterocycles. The average Bonchev–Trinajstić information content (AvgIpc) is 4.06. The van der Waals surface area contributed by atoms with Crippen LogP contribution in [0.1, 0.15) is 17.7 Å². The fourth-order valence-corrected chi connectivity index (χ4v) is 11.5. The molecule has 0 fully saturated rings. The van der Waals surface area contributed by atoms with Gasteiger partial charge < -0.3 is 4.57 Å². The Morgan fingerprint density at radius 3 is 2.03 bits per heavy atom. The number of rotatable bonds is 5. The summed E-state index contributed by atoms with van der Waals surface area (Å²) in [5.74, 6) is 0.649. The second kappa shape index (κ2) is 14.1. The van der Waals surface area contributed by atoms with E-state index in [1.807, 2.05) is 11.3 Å². The number of hydrogen-bond acceptors (Lipinski definition) is 3. The first-order chi connectivity index (χ1) is 32.2. The molecule has 4 aromatic heterocycles. The Bertz CT molecular complexity index is 4170. The Morgan fingerprint density at radius 2 is 1.22 bits per heavy atom. The SMILES string of the molecule is c1c2ccccc2c2c3ccc(-c4ccc5c6cc7ccccc7cc6n(-c6nc(-c7ccccc7)c7c(ccc8cc(C9=CCCC=C9)sc87)n6)c5c4)cc3n(-c3ccccc3)c2c#1. The highest BCUT2D eigenvalue weighted by atomic mass is 32.1. The topological polar surface area (TPSA) is 35.6 Å². The van der Waals surface area contributed by atoms with Crippen molar-refractivity contribution in [3.63, 3.8) is 0 Å². The van der Waals surface area contributed by atoms with Crippen LogP contribution in [0.4, 0.5) is 0 Å². The highest BCUT2D eigenvalue weighted by molar-refractivity contribution is 7.21. The van der Waals surface area contributed by atoms with Gasteiger partial charge in [0, 0.05) is 58.5 Å². The van der Waals surface area contributed by atoms with E-state index < -0.39 is 0 Å². The maximum absolute atomic E-state index is 5.62. The molecule has 0 saturated carbocycles. The molecule has 0 radical (unpaired) electrons. The largest absolute Gasteiger partial charge is 0.302 e. The van der Waals surface area contributed by atoms with E-state index in [2.05, 4.69) is 215 Å². The van der Waals surface area contributed by atoms with E-state index in [9.17, 15) is 0 Å². The molecule has 0 amide bonds. The predicted molar refractivity (Wildman–Crippen MR) is 274 cm³/mol. The molecular formula is C60H36N4S. The van der Waals surface area contributed by atoms with Crippen LogP contribution in [-0.2, 0) is 0 Å².